The van der Waals surface area contributed by atoms with E-state index in [1.807, 2.05) is 19.1 Å². The van der Waals surface area contributed by atoms with E-state index in [1.54, 1.807) is 7.11 Å². The van der Waals surface area contributed by atoms with Crippen molar-refractivity contribution in [2.45, 2.75) is 46.0 Å². The predicted octanol–water partition coefficient (Wildman–Crippen LogP) is 3.04. The van der Waals surface area contributed by atoms with Crippen LogP contribution in [0.5, 0.6) is 5.88 Å². The zero-order valence-corrected chi connectivity index (χ0v) is 13.8. The number of allylic oxidation sites excluding steroid dienone is 1. The highest BCUT2D eigenvalue weighted by Crippen LogP contribution is 2.32. The molecule has 0 aliphatic heterocycles. The second kappa shape index (κ2) is 7.43. The molecule has 1 aromatic heterocycles. The molecule has 2 unspecified atom stereocenters. The first kappa shape index (κ1) is 16.5. The molecule has 120 valence electrons. The number of nitrogens with zero attached hydrogens (tertiary/aromatic N) is 1. The Morgan fingerprint density at radius 3 is 2.91 bits per heavy atom. The van der Waals surface area contributed by atoms with E-state index < -0.39 is 0 Å². The summed E-state index contributed by atoms with van der Waals surface area (Å²) in [4.78, 5) is 16.0. The Morgan fingerprint density at radius 1 is 1.50 bits per heavy atom. The summed E-state index contributed by atoms with van der Waals surface area (Å²) >= 11 is 0. The van der Waals surface area contributed by atoms with Gasteiger partial charge in [0.25, 0.3) is 0 Å². The topological polar surface area (TPSA) is 65.2 Å². The van der Waals surface area contributed by atoms with Crippen molar-refractivity contribution in [1.29, 1.82) is 0 Å². The molecule has 1 amide bonds. The Bertz CT molecular complexity index is 566. The molecule has 0 spiro atoms. The molecule has 1 aromatic rings. The van der Waals surface area contributed by atoms with Crippen LogP contribution in [0.3, 0.4) is 0 Å². The van der Waals surface area contributed by atoms with Gasteiger partial charge in [-0.3, -0.25) is 4.79 Å². The first-order valence-corrected chi connectivity index (χ1v) is 7.99. The summed E-state index contributed by atoms with van der Waals surface area (Å²) in [6.45, 7) is 4.27. The van der Waals surface area contributed by atoms with Gasteiger partial charge in [-0.05, 0) is 50.0 Å². The van der Waals surface area contributed by atoms with E-state index in [4.69, 9.17) is 10.5 Å². The normalized spacial score (nSPS) is 22.4. The van der Waals surface area contributed by atoms with Crippen LogP contribution in [-0.4, -0.2) is 18.0 Å². The zero-order valence-electron chi connectivity index (χ0n) is 13.8. The fourth-order valence-corrected chi connectivity index (χ4v) is 3.32. The van der Waals surface area contributed by atoms with Crippen molar-refractivity contribution in [3.8, 4) is 5.88 Å². The maximum Gasteiger partial charge on any atom is 0.221 e. The molecule has 2 N–H and O–H groups in total. The quantitative estimate of drug-likeness (QED) is 0.869. The minimum Gasteiger partial charge on any atom is -0.481 e. The molecule has 1 aliphatic carbocycles. The molecule has 4 nitrogen and oxygen atoms in total. The van der Waals surface area contributed by atoms with Gasteiger partial charge >= 0.3 is 0 Å². The van der Waals surface area contributed by atoms with Crippen LogP contribution in [0.2, 0.25) is 0 Å². The number of ether oxygens (including phenoxy) is 1. The van der Waals surface area contributed by atoms with Gasteiger partial charge in [0.1, 0.15) is 0 Å². The Hall–Kier alpha value is -1.84. The Labute approximate surface area is 132 Å². The van der Waals surface area contributed by atoms with E-state index in [0.717, 1.165) is 37.0 Å². The van der Waals surface area contributed by atoms with Gasteiger partial charge in [-0.15, -0.1) is 0 Å². The summed E-state index contributed by atoms with van der Waals surface area (Å²) in [6, 6.07) is 4.06. The number of methoxy groups -OCH3 is 1. The highest BCUT2D eigenvalue weighted by Gasteiger charge is 2.24. The largest absolute Gasteiger partial charge is 0.481 e. The SMILES string of the molecule is C/C=C(/CC(N)=O)C1Cc2nc(OC)ccc2CCC(C)C1. The van der Waals surface area contributed by atoms with Gasteiger partial charge in [0.05, 0.1) is 7.11 Å². The summed E-state index contributed by atoms with van der Waals surface area (Å²) in [7, 11) is 1.64. The number of rotatable bonds is 4. The summed E-state index contributed by atoms with van der Waals surface area (Å²) in [5.41, 5.74) is 8.94. The van der Waals surface area contributed by atoms with Crippen LogP contribution < -0.4 is 10.5 Å². The third kappa shape index (κ3) is 4.09. The first-order valence-electron chi connectivity index (χ1n) is 7.99. The lowest BCUT2D eigenvalue weighted by Crippen LogP contribution is -2.21. The van der Waals surface area contributed by atoms with Gasteiger partial charge in [0.2, 0.25) is 11.8 Å². The number of carbonyl (C=O) groups is 1. The van der Waals surface area contributed by atoms with Crippen LogP contribution in [0, 0.1) is 11.8 Å². The van der Waals surface area contributed by atoms with Crippen molar-refractivity contribution < 1.29 is 9.53 Å². The molecule has 0 saturated carbocycles. The summed E-state index contributed by atoms with van der Waals surface area (Å²) in [6.07, 6.45) is 6.51. The van der Waals surface area contributed by atoms with E-state index in [0.29, 0.717) is 24.1 Å². The molecule has 0 saturated heterocycles. The molecule has 0 radical (unpaired) electrons. The molecular formula is C18H26N2O2. The van der Waals surface area contributed by atoms with Crippen molar-refractivity contribution in [3.05, 3.63) is 35.0 Å². The summed E-state index contributed by atoms with van der Waals surface area (Å²) < 4.78 is 5.26. The predicted molar refractivity (Wildman–Crippen MR) is 87.7 cm³/mol. The lowest BCUT2D eigenvalue weighted by molar-refractivity contribution is -0.117. The highest BCUT2D eigenvalue weighted by atomic mass is 16.5. The maximum atomic E-state index is 11.3. The first-order chi connectivity index (χ1) is 10.5. The number of primary amides is 1. The fraction of sp³-hybridized carbons (Fsp3) is 0.556. The van der Waals surface area contributed by atoms with Gasteiger partial charge < -0.3 is 10.5 Å². The van der Waals surface area contributed by atoms with Gasteiger partial charge in [0.15, 0.2) is 0 Å². The average molecular weight is 302 g/mol. The summed E-state index contributed by atoms with van der Waals surface area (Å²) in [5.74, 6) is 1.35. The fourth-order valence-electron chi connectivity index (χ4n) is 3.32. The van der Waals surface area contributed by atoms with Crippen molar-refractivity contribution >= 4 is 5.91 Å². The van der Waals surface area contributed by atoms with Gasteiger partial charge in [-0.1, -0.05) is 24.6 Å². The molecule has 0 bridgehead atoms. The second-order valence-corrected chi connectivity index (χ2v) is 6.25. The monoisotopic (exact) mass is 302 g/mol. The van der Waals surface area contributed by atoms with Gasteiger partial charge in [-0.2, -0.15) is 0 Å². The van der Waals surface area contributed by atoms with Gasteiger partial charge in [0, 0.05) is 18.2 Å². The number of amides is 1. The smallest absolute Gasteiger partial charge is 0.221 e. The van der Waals surface area contributed by atoms with E-state index in [-0.39, 0.29) is 5.91 Å². The Kier molecular flexibility index (Phi) is 5.58. The third-order valence-corrected chi connectivity index (χ3v) is 4.56. The van der Waals surface area contributed by atoms with Crippen LogP contribution in [0.15, 0.2) is 23.8 Å². The molecule has 1 heterocycles. The number of aryl methyl sites for hydroxylation is 1. The van der Waals surface area contributed by atoms with Crippen molar-refractivity contribution in [1.82, 2.24) is 4.98 Å². The van der Waals surface area contributed by atoms with E-state index in [1.165, 1.54) is 5.56 Å². The molecule has 22 heavy (non-hydrogen) atoms. The Balaban J connectivity index is 2.32. The van der Waals surface area contributed by atoms with Crippen molar-refractivity contribution in [2.75, 3.05) is 7.11 Å². The van der Waals surface area contributed by atoms with E-state index in [9.17, 15) is 4.79 Å². The maximum absolute atomic E-state index is 11.3. The molecule has 2 atom stereocenters. The number of pyridine rings is 1. The Morgan fingerprint density at radius 2 is 2.27 bits per heavy atom. The molecule has 0 fully saturated rings. The molecule has 1 aliphatic rings. The van der Waals surface area contributed by atoms with Crippen LogP contribution >= 0.6 is 0 Å². The number of hydrogen-bond donors (Lipinski definition) is 1. The van der Waals surface area contributed by atoms with Crippen LogP contribution in [-0.2, 0) is 17.6 Å². The molecule has 0 aromatic carbocycles. The number of hydrogen-bond acceptors (Lipinski definition) is 3. The number of carbonyl (C=O) groups excluding carboxylic acids is 1. The third-order valence-electron chi connectivity index (χ3n) is 4.56. The number of aromatic nitrogens is 1. The van der Waals surface area contributed by atoms with Crippen molar-refractivity contribution in [2.24, 2.45) is 17.6 Å². The van der Waals surface area contributed by atoms with E-state index in [2.05, 4.69) is 18.0 Å². The zero-order chi connectivity index (χ0) is 16.1. The molecular weight excluding hydrogens is 276 g/mol. The average Bonchev–Trinajstić information content (AvgIpc) is 2.48. The minimum absolute atomic E-state index is 0.262. The van der Waals surface area contributed by atoms with Gasteiger partial charge in [-0.25, -0.2) is 4.98 Å². The van der Waals surface area contributed by atoms with Crippen LogP contribution in [0.1, 0.15) is 44.4 Å². The van der Waals surface area contributed by atoms with E-state index >= 15 is 0 Å². The standard InChI is InChI=1S/C18H26N2O2/c1-4-13(11-17(19)21)15-9-12(2)5-6-14-7-8-18(22-3)20-16(14)10-15/h4,7-8,12,15H,5-6,9-11H2,1-3H3,(H2,19,21)/b13-4-. The summed E-state index contributed by atoms with van der Waals surface area (Å²) in [5, 5.41) is 0. The van der Waals surface area contributed by atoms with Crippen LogP contribution in [0.4, 0.5) is 0 Å². The lowest BCUT2D eigenvalue weighted by Gasteiger charge is -2.27. The van der Waals surface area contributed by atoms with Crippen LogP contribution in [0.25, 0.3) is 0 Å². The molecule has 4 heteroatoms. The highest BCUT2D eigenvalue weighted by molar-refractivity contribution is 5.76. The number of fused-ring (bicyclic) bond motifs is 1. The van der Waals surface area contributed by atoms with Crippen molar-refractivity contribution in [3.63, 3.8) is 0 Å². The molecule has 2 rings (SSSR count). The second-order valence-electron chi connectivity index (χ2n) is 6.25. The minimum atomic E-state index is -0.262. The number of nitrogens with two attached hydrogens (primary N) is 1. The lowest BCUT2D eigenvalue weighted by atomic mass is 9.79.